The van der Waals surface area contributed by atoms with Crippen molar-refractivity contribution in [1.82, 2.24) is 20.6 Å². The Kier molecular flexibility index (Phi) is 7.34. The molecule has 2 aromatic heterocycles. The Balaban J connectivity index is 1.46. The van der Waals surface area contributed by atoms with Crippen LogP contribution in [0.2, 0.25) is 0 Å². The van der Waals surface area contributed by atoms with Crippen molar-refractivity contribution >= 4 is 22.8 Å². The van der Waals surface area contributed by atoms with Gasteiger partial charge >= 0.3 is 0 Å². The molecule has 0 aliphatic heterocycles. The zero-order chi connectivity index (χ0) is 32.1. The molecule has 1 aliphatic carbocycles. The first kappa shape index (κ1) is 29.9. The Labute approximate surface area is 256 Å². The van der Waals surface area contributed by atoms with Crippen LogP contribution in [0.15, 0.2) is 71.4 Å². The molecule has 0 spiro atoms. The first-order chi connectivity index (χ1) is 21.5. The van der Waals surface area contributed by atoms with Gasteiger partial charge in [0.2, 0.25) is 0 Å². The molecule has 1 fully saturated rings. The van der Waals surface area contributed by atoms with Crippen molar-refractivity contribution in [3.8, 4) is 28.2 Å². The number of fused-ring (bicyclic) bond motifs is 1. The molecule has 1 aliphatic rings. The summed E-state index contributed by atoms with van der Waals surface area (Å²) in [6.07, 6.45) is 1.50. The van der Waals surface area contributed by atoms with Crippen molar-refractivity contribution in [2.45, 2.75) is 38.2 Å². The third kappa shape index (κ3) is 5.17. The summed E-state index contributed by atoms with van der Waals surface area (Å²) in [5, 5.41) is 5.26. The molecule has 0 atom stereocenters. The van der Waals surface area contributed by atoms with Crippen LogP contribution in [-0.4, -0.2) is 41.9 Å². The summed E-state index contributed by atoms with van der Waals surface area (Å²) in [7, 11) is 2.82. The highest BCUT2D eigenvalue weighted by Gasteiger charge is 2.60. The molecule has 3 aromatic carbocycles. The second kappa shape index (κ2) is 11.1. The Morgan fingerprint density at radius 1 is 0.956 bits per heavy atom. The van der Waals surface area contributed by atoms with E-state index >= 15 is 4.39 Å². The van der Waals surface area contributed by atoms with Crippen LogP contribution in [0.3, 0.4) is 0 Å². The molecule has 8 nitrogen and oxygen atoms in total. The molecule has 0 saturated heterocycles. The van der Waals surface area contributed by atoms with E-state index in [0.29, 0.717) is 16.7 Å². The number of carbonyl (C=O) groups is 2. The average Bonchev–Trinajstić information content (AvgIpc) is 3.41. The lowest BCUT2D eigenvalue weighted by Gasteiger charge is -2.46. The van der Waals surface area contributed by atoms with Crippen LogP contribution in [0.25, 0.3) is 33.4 Å². The lowest BCUT2D eigenvalue weighted by Crippen LogP contribution is -2.60. The van der Waals surface area contributed by atoms with Crippen molar-refractivity contribution in [3.05, 3.63) is 101 Å². The zero-order valence-electron chi connectivity index (χ0n) is 24.9. The summed E-state index contributed by atoms with van der Waals surface area (Å²) in [5.74, 6) is -4.51. The number of ether oxygens (including phenoxy) is 1. The number of furan rings is 1. The molecule has 2 amide bonds. The van der Waals surface area contributed by atoms with E-state index < -0.39 is 41.9 Å². The lowest BCUT2D eigenvalue weighted by atomic mass is 9.72. The number of benzene rings is 3. The second-order valence-electron chi connectivity index (χ2n) is 11.2. The molecule has 0 unspecified atom stereocenters. The Morgan fingerprint density at radius 3 is 2.27 bits per heavy atom. The van der Waals surface area contributed by atoms with Gasteiger partial charge in [-0.25, -0.2) is 23.1 Å². The van der Waals surface area contributed by atoms with Crippen LogP contribution in [0.5, 0.6) is 5.75 Å². The molecule has 1 saturated carbocycles. The normalized spacial score (nSPS) is 14.9. The quantitative estimate of drug-likeness (QED) is 0.211. The van der Waals surface area contributed by atoms with E-state index in [1.807, 2.05) is 19.1 Å². The van der Waals surface area contributed by atoms with Crippen molar-refractivity contribution in [2.24, 2.45) is 0 Å². The van der Waals surface area contributed by atoms with E-state index in [2.05, 4.69) is 20.6 Å². The highest BCUT2D eigenvalue weighted by atomic mass is 19.3. The third-order valence-corrected chi connectivity index (χ3v) is 8.11. The number of hydrogen-bond donors (Lipinski definition) is 2. The predicted molar refractivity (Wildman–Crippen MR) is 162 cm³/mol. The number of halogens is 3. The van der Waals surface area contributed by atoms with E-state index in [1.165, 1.54) is 38.7 Å². The number of alkyl halides is 2. The van der Waals surface area contributed by atoms with Gasteiger partial charge in [0.15, 0.2) is 5.82 Å². The molecule has 2 heterocycles. The molecule has 6 rings (SSSR count). The molecule has 230 valence electrons. The summed E-state index contributed by atoms with van der Waals surface area (Å²) < 4.78 is 56.4. The minimum atomic E-state index is -3.00. The molecular weight excluding hydrogens is 585 g/mol. The number of methoxy groups -OCH3 is 1. The van der Waals surface area contributed by atoms with Gasteiger partial charge in [-0.2, -0.15) is 0 Å². The largest absolute Gasteiger partial charge is 0.496 e. The van der Waals surface area contributed by atoms with Crippen LogP contribution in [0.4, 0.5) is 13.2 Å². The number of carbonyl (C=O) groups excluding carboxylic acids is 2. The van der Waals surface area contributed by atoms with E-state index in [0.717, 1.165) is 5.56 Å². The van der Waals surface area contributed by atoms with E-state index in [4.69, 9.17) is 9.15 Å². The molecule has 45 heavy (non-hydrogen) atoms. The summed E-state index contributed by atoms with van der Waals surface area (Å²) in [6.45, 7) is 3.65. The first-order valence-electron chi connectivity index (χ1n) is 14.2. The van der Waals surface area contributed by atoms with Crippen LogP contribution >= 0.6 is 0 Å². The summed E-state index contributed by atoms with van der Waals surface area (Å²) in [6, 6.07) is 15.0. The standard InChI is InChI=1S/C34H29F3N4O4/c1-18-6-8-20(9-7-18)29-27(31(43)38-3)26-24(45-29)11-10-21(28(26)35)22-15-23(25(44-4)14-19(22)2)30(42)41-33(16-34(36,37)17-33)32-39-12-5-13-40-32/h5-15H,16-17H2,1-4H3,(H,38,43)(H,41,42). The van der Waals surface area contributed by atoms with Crippen LogP contribution in [0.1, 0.15) is 50.5 Å². The molecule has 5 aromatic rings. The minimum Gasteiger partial charge on any atom is -0.496 e. The van der Waals surface area contributed by atoms with Crippen molar-refractivity contribution in [3.63, 3.8) is 0 Å². The fourth-order valence-electron chi connectivity index (χ4n) is 5.89. The fourth-order valence-corrected chi connectivity index (χ4v) is 5.89. The summed E-state index contributed by atoms with van der Waals surface area (Å²) in [5.41, 5.74) is 1.35. The number of nitrogens with one attached hydrogen (secondary N) is 2. The smallest absolute Gasteiger partial charge is 0.255 e. The number of nitrogens with zero attached hydrogens (tertiary/aromatic N) is 2. The van der Waals surface area contributed by atoms with Gasteiger partial charge in [0, 0.05) is 43.4 Å². The van der Waals surface area contributed by atoms with Gasteiger partial charge < -0.3 is 19.8 Å². The van der Waals surface area contributed by atoms with Gasteiger partial charge in [0.25, 0.3) is 17.7 Å². The summed E-state index contributed by atoms with van der Waals surface area (Å²) >= 11 is 0. The van der Waals surface area contributed by atoms with E-state index in [9.17, 15) is 18.4 Å². The minimum absolute atomic E-state index is 0.00202. The summed E-state index contributed by atoms with van der Waals surface area (Å²) in [4.78, 5) is 35.1. The topological polar surface area (TPSA) is 106 Å². The van der Waals surface area contributed by atoms with Crippen LogP contribution in [0, 0.1) is 19.7 Å². The maximum atomic E-state index is 16.6. The molecule has 2 N–H and O–H groups in total. The third-order valence-electron chi connectivity index (χ3n) is 8.11. The van der Waals surface area contributed by atoms with Gasteiger partial charge in [0.05, 0.1) is 23.6 Å². The Hall–Kier alpha value is -5.19. The van der Waals surface area contributed by atoms with Gasteiger partial charge in [-0.3, -0.25) is 9.59 Å². The highest BCUT2D eigenvalue weighted by molar-refractivity contribution is 6.12. The number of hydrogen-bond acceptors (Lipinski definition) is 6. The highest BCUT2D eigenvalue weighted by Crippen LogP contribution is 2.51. The van der Waals surface area contributed by atoms with Gasteiger partial charge in [-0.1, -0.05) is 29.8 Å². The van der Waals surface area contributed by atoms with Crippen molar-refractivity contribution in [2.75, 3.05) is 14.2 Å². The van der Waals surface area contributed by atoms with Crippen molar-refractivity contribution < 1.29 is 31.9 Å². The van der Waals surface area contributed by atoms with Crippen LogP contribution in [-0.2, 0) is 5.54 Å². The Bertz CT molecular complexity index is 1950. The predicted octanol–water partition coefficient (Wildman–Crippen LogP) is 6.74. The lowest BCUT2D eigenvalue weighted by molar-refractivity contribution is -0.136. The van der Waals surface area contributed by atoms with Gasteiger partial charge in [0.1, 0.15) is 28.4 Å². The average molecular weight is 615 g/mol. The van der Waals surface area contributed by atoms with Crippen LogP contribution < -0.4 is 15.4 Å². The zero-order valence-corrected chi connectivity index (χ0v) is 24.9. The molecular formula is C34H29F3N4O4. The monoisotopic (exact) mass is 614 g/mol. The molecule has 11 heteroatoms. The number of aromatic nitrogens is 2. The fraction of sp³-hybridized carbons (Fsp3) is 0.235. The molecule has 0 bridgehead atoms. The Morgan fingerprint density at radius 2 is 1.64 bits per heavy atom. The second-order valence-corrected chi connectivity index (χ2v) is 11.2. The SMILES string of the molecule is CNC(=O)c1c(-c2ccc(C)cc2)oc2ccc(-c3cc(C(=O)NC4(c5ncccn5)CC(F)(F)C4)c(OC)cc3C)c(F)c12. The maximum Gasteiger partial charge on any atom is 0.255 e. The number of amides is 2. The van der Waals surface area contributed by atoms with E-state index in [1.54, 1.807) is 37.3 Å². The maximum absolute atomic E-state index is 16.6. The van der Waals surface area contributed by atoms with Crippen molar-refractivity contribution in [1.29, 1.82) is 0 Å². The van der Waals surface area contributed by atoms with E-state index in [-0.39, 0.29) is 45.0 Å². The van der Waals surface area contributed by atoms with Gasteiger partial charge in [-0.05, 0) is 55.3 Å². The first-order valence-corrected chi connectivity index (χ1v) is 14.2. The number of rotatable bonds is 7. The van der Waals surface area contributed by atoms with Gasteiger partial charge in [-0.15, -0.1) is 0 Å². The number of aryl methyl sites for hydroxylation is 2. The molecule has 0 radical (unpaired) electrons.